The normalized spacial score (nSPS) is 10.7. The average Bonchev–Trinajstić information content (AvgIpc) is 3.36. The maximum atomic E-state index is 13.1. The molecule has 0 aliphatic rings. The van der Waals surface area contributed by atoms with Crippen LogP contribution in [-0.2, 0) is 17.8 Å². The summed E-state index contributed by atoms with van der Waals surface area (Å²) in [5.41, 5.74) is 6.07. The quantitative estimate of drug-likeness (QED) is 0.127. The van der Waals surface area contributed by atoms with Crippen LogP contribution in [0.3, 0.4) is 0 Å². The molecule has 0 saturated carbocycles. The van der Waals surface area contributed by atoms with E-state index in [9.17, 15) is 4.79 Å². The molecule has 7 heteroatoms. The van der Waals surface area contributed by atoms with Gasteiger partial charge in [0.15, 0.2) is 23.7 Å². The van der Waals surface area contributed by atoms with Crippen LogP contribution in [0.2, 0.25) is 0 Å². The molecule has 0 aliphatic carbocycles. The first kappa shape index (κ1) is 34.8. The Morgan fingerprint density at radius 1 is 0.854 bits per heavy atom. The molecule has 1 N–H and O–H groups in total. The van der Waals surface area contributed by atoms with Crippen LogP contribution < -0.4 is 36.3 Å². The average molecular weight is 646 g/mol. The number of ether oxygens (including phenoxy) is 2. The molecule has 0 unspecified atom stereocenters. The van der Waals surface area contributed by atoms with E-state index in [0.29, 0.717) is 18.1 Å². The number of methoxy groups -OCH3 is 1. The molecule has 41 heavy (non-hydrogen) atoms. The van der Waals surface area contributed by atoms with E-state index >= 15 is 0 Å². The first-order valence-corrected chi connectivity index (χ1v) is 16.1. The molecule has 3 rings (SSSR count). The fourth-order valence-corrected chi connectivity index (χ4v) is 5.77. The standard InChI is InChI=1S/C34H48N2O3S.BrH/c1-4-5-6-7-8-9-10-11-12-13-14-17-23-39-34-29(20-18-22-32(34)38-3)24-33(37)35-31-21-16-15-19-30(31)25-36-27-40-26-28(36)2;/h15-16,18-22,26-27H,4-14,17,23-25H2,1-3H3;1H. The number of para-hydroxylation sites is 2. The van der Waals surface area contributed by atoms with Gasteiger partial charge in [0.1, 0.15) is 0 Å². The molecule has 0 atom stereocenters. The molecular formula is C34H49BrN2O3S. The largest absolute Gasteiger partial charge is 1.00 e. The summed E-state index contributed by atoms with van der Waals surface area (Å²) in [5.74, 6) is 1.29. The van der Waals surface area contributed by atoms with Crippen molar-refractivity contribution in [2.75, 3.05) is 19.0 Å². The number of halogens is 1. The Morgan fingerprint density at radius 3 is 2.12 bits per heavy atom. The molecule has 3 aromatic rings. The highest BCUT2D eigenvalue weighted by Gasteiger charge is 2.17. The van der Waals surface area contributed by atoms with Crippen molar-refractivity contribution in [1.82, 2.24) is 0 Å². The second-order valence-corrected chi connectivity index (χ2v) is 11.4. The number of aryl methyl sites for hydroxylation is 1. The van der Waals surface area contributed by atoms with Gasteiger partial charge in [-0.15, -0.1) is 0 Å². The lowest BCUT2D eigenvalue weighted by Gasteiger charge is -2.15. The van der Waals surface area contributed by atoms with E-state index in [4.69, 9.17) is 9.47 Å². The molecular weight excluding hydrogens is 596 g/mol. The third-order valence-corrected chi connectivity index (χ3v) is 8.24. The molecule has 2 aromatic carbocycles. The fraction of sp³-hybridized carbons (Fsp3) is 0.529. The van der Waals surface area contributed by atoms with Crippen molar-refractivity contribution in [2.24, 2.45) is 0 Å². The lowest BCUT2D eigenvalue weighted by molar-refractivity contribution is -0.689. The molecule has 1 amide bonds. The highest BCUT2D eigenvalue weighted by atomic mass is 79.9. The zero-order valence-corrected chi connectivity index (χ0v) is 27.7. The number of unbranched alkanes of at least 4 members (excludes halogenated alkanes) is 11. The van der Waals surface area contributed by atoms with Crippen molar-refractivity contribution in [3.8, 4) is 11.5 Å². The Morgan fingerprint density at radius 2 is 1.49 bits per heavy atom. The third-order valence-electron chi connectivity index (χ3n) is 7.39. The van der Waals surface area contributed by atoms with Gasteiger partial charge in [-0.2, -0.15) is 4.57 Å². The van der Waals surface area contributed by atoms with Gasteiger partial charge < -0.3 is 31.8 Å². The first-order valence-electron chi connectivity index (χ1n) is 15.2. The topological polar surface area (TPSA) is 51.4 Å². The summed E-state index contributed by atoms with van der Waals surface area (Å²) >= 11 is 1.68. The molecule has 0 fully saturated rings. The van der Waals surface area contributed by atoms with Crippen LogP contribution in [-0.4, -0.2) is 19.6 Å². The van der Waals surface area contributed by atoms with E-state index < -0.39 is 0 Å². The number of thiazole rings is 1. The number of carbonyl (C=O) groups excluding carboxylic acids is 1. The van der Waals surface area contributed by atoms with Crippen LogP contribution >= 0.6 is 11.3 Å². The molecule has 226 valence electrons. The van der Waals surface area contributed by atoms with Crippen molar-refractivity contribution in [3.05, 3.63) is 70.2 Å². The van der Waals surface area contributed by atoms with Crippen molar-refractivity contribution < 1.29 is 35.8 Å². The minimum absolute atomic E-state index is 0. The number of hydrogen-bond donors (Lipinski definition) is 1. The van der Waals surface area contributed by atoms with E-state index in [0.717, 1.165) is 29.8 Å². The summed E-state index contributed by atoms with van der Waals surface area (Å²) in [5, 5.41) is 5.26. The fourth-order valence-electron chi connectivity index (χ4n) is 4.99. The molecule has 0 saturated heterocycles. The summed E-state index contributed by atoms with van der Waals surface area (Å²) in [4.78, 5) is 13.1. The second kappa shape index (κ2) is 20.5. The predicted molar refractivity (Wildman–Crippen MR) is 167 cm³/mol. The lowest BCUT2D eigenvalue weighted by Crippen LogP contribution is -3.00. The summed E-state index contributed by atoms with van der Waals surface area (Å²) in [6.07, 6.45) is 16.0. The predicted octanol–water partition coefficient (Wildman–Crippen LogP) is 5.67. The summed E-state index contributed by atoms with van der Waals surface area (Å²) in [6.45, 7) is 5.72. The number of aromatic nitrogens is 1. The Balaban J connectivity index is 0.00000588. The smallest absolute Gasteiger partial charge is 0.228 e. The summed E-state index contributed by atoms with van der Waals surface area (Å²) < 4.78 is 14.0. The van der Waals surface area contributed by atoms with Gasteiger partial charge in [0.25, 0.3) is 0 Å². The number of anilines is 1. The van der Waals surface area contributed by atoms with Gasteiger partial charge in [-0.05, 0) is 18.6 Å². The van der Waals surface area contributed by atoms with Crippen LogP contribution in [0.1, 0.15) is 101 Å². The first-order chi connectivity index (χ1) is 19.6. The molecule has 0 radical (unpaired) electrons. The van der Waals surface area contributed by atoms with Crippen LogP contribution in [0.15, 0.2) is 53.4 Å². The van der Waals surface area contributed by atoms with Crippen molar-refractivity contribution in [2.45, 2.75) is 104 Å². The summed E-state index contributed by atoms with van der Waals surface area (Å²) in [6, 6.07) is 13.8. The number of nitrogens with one attached hydrogen (secondary N) is 1. The number of nitrogens with zero attached hydrogens (tertiary/aromatic N) is 1. The number of hydrogen-bond acceptors (Lipinski definition) is 4. The molecule has 0 bridgehead atoms. The minimum Gasteiger partial charge on any atom is -1.00 e. The van der Waals surface area contributed by atoms with Crippen LogP contribution in [0.25, 0.3) is 0 Å². The molecule has 0 spiro atoms. The van der Waals surface area contributed by atoms with Gasteiger partial charge in [-0.25, -0.2) is 0 Å². The van der Waals surface area contributed by atoms with Crippen LogP contribution in [0.4, 0.5) is 5.69 Å². The Hall–Kier alpha value is -2.38. The summed E-state index contributed by atoms with van der Waals surface area (Å²) in [7, 11) is 1.65. The number of rotatable bonds is 20. The third kappa shape index (κ3) is 12.6. The molecule has 5 nitrogen and oxygen atoms in total. The van der Waals surface area contributed by atoms with Crippen LogP contribution in [0.5, 0.6) is 11.5 Å². The van der Waals surface area contributed by atoms with Crippen molar-refractivity contribution >= 4 is 22.9 Å². The minimum atomic E-state index is -0.0667. The van der Waals surface area contributed by atoms with Gasteiger partial charge in [-0.3, -0.25) is 4.79 Å². The SMILES string of the molecule is CCCCCCCCCCCCCCOc1c(CC(=O)Nc2ccccc2C[n+]2cscc2C)cccc1OC.[Br-]. The van der Waals surface area contributed by atoms with Crippen molar-refractivity contribution in [1.29, 1.82) is 0 Å². The van der Waals surface area contributed by atoms with E-state index in [1.165, 1.54) is 76.3 Å². The van der Waals surface area contributed by atoms with Gasteiger partial charge in [0, 0.05) is 18.1 Å². The maximum absolute atomic E-state index is 13.1. The Kier molecular flexibility index (Phi) is 17.4. The van der Waals surface area contributed by atoms with Gasteiger partial charge in [0.05, 0.1) is 31.2 Å². The Bertz CT molecular complexity index is 1150. The maximum Gasteiger partial charge on any atom is 0.228 e. The van der Waals surface area contributed by atoms with E-state index in [-0.39, 0.29) is 29.3 Å². The van der Waals surface area contributed by atoms with Gasteiger partial charge >= 0.3 is 0 Å². The molecule has 1 aromatic heterocycles. The van der Waals surface area contributed by atoms with Gasteiger partial charge in [-0.1, -0.05) is 119 Å². The number of benzene rings is 2. The highest BCUT2D eigenvalue weighted by Crippen LogP contribution is 2.32. The van der Waals surface area contributed by atoms with Crippen molar-refractivity contribution in [3.63, 3.8) is 0 Å². The number of carbonyl (C=O) groups is 1. The molecule has 1 heterocycles. The zero-order valence-electron chi connectivity index (χ0n) is 25.3. The highest BCUT2D eigenvalue weighted by molar-refractivity contribution is 7.07. The molecule has 0 aliphatic heterocycles. The monoisotopic (exact) mass is 644 g/mol. The second-order valence-electron chi connectivity index (χ2n) is 10.7. The Labute approximate surface area is 262 Å². The van der Waals surface area contributed by atoms with E-state index in [1.54, 1.807) is 18.4 Å². The zero-order chi connectivity index (χ0) is 28.4. The van der Waals surface area contributed by atoms with E-state index in [2.05, 4.69) is 40.7 Å². The lowest BCUT2D eigenvalue weighted by atomic mass is 10.1. The van der Waals surface area contributed by atoms with E-state index in [1.807, 2.05) is 36.4 Å². The number of amides is 1. The van der Waals surface area contributed by atoms with Gasteiger partial charge in [0.2, 0.25) is 11.4 Å². The van der Waals surface area contributed by atoms with Crippen LogP contribution in [0, 0.1) is 6.92 Å².